The maximum atomic E-state index is 12.7. The van der Waals surface area contributed by atoms with Gasteiger partial charge in [-0.2, -0.15) is 0 Å². The number of nitrogens with one attached hydrogen (secondary N) is 2. The first-order valence-corrected chi connectivity index (χ1v) is 7.67. The van der Waals surface area contributed by atoms with Crippen molar-refractivity contribution in [2.24, 2.45) is 5.73 Å². The first kappa shape index (κ1) is 16.8. The fraction of sp³-hybridized carbons (Fsp3) is 0.857. The normalized spacial score (nSPS) is 19.6. The molecular weight excluding hydrogens is 256 g/mol. The summed E-state index contributed by atoms with van der Waals surface area (Å²) in [4.78, 5) is 25.7. The average molecular weight is 284 g/mol. The van der Waals surface area contributed by atoms with Gasteiger partial charge < -0.3 is 21.3 Å². The van der Waals surface area contributed by atoms with E-state index in [2.05, 4.69) is 24.5 Å². The minimum absolute atomic E-state index is 0.00722. The van der Waals surface area contributed by atoms with Crippen LogP contribution in [-0.4, -0.2) is 48.6 Å². The van der Waals surface area contributed by atoms with E-state index in [9.17, 15) is 9.59 Å². The van der Waals surface area contributed by atoms with Gasteiger partial charge in [0.2, 0.25) is 5.91 Å². The van der Waals surface area contributed by atoms with Crippen molar-refractivity contribution in [3.8, 4) is 0 Å². The second-order valence-corrected chi connectivity index (χ2v) is 5.38. The van der Waals surface area contributed by atoms with Gasteiger partial charge in [-0.15, -0.1) is 0 Å². The molecule has 0 saturated carbocycles. The van der Waals surface area contributed by atoms with E-state index in [1.54, 1.807) is 0 Å². The molecule has 116 valence electrons. The van der Waals surface area contributed by atoms with E-state index in [4.69, 9.17) is 5.73 Å². The van der Waals surface area contributed by atoms with Crippen LogP contribution in [-0.2, 0) is 4.79 Å². The molecule has 0 aromatic carbocycles. The number of hydrogen-bond acceptors (Lipinski definition) is 3. The van der Waals surface area contributed by atoms with Crippen LogP contribution in [0.25, 0.3) is 0 Å². The molecule has 0 aromatic heterocycles. The number of primary amides is 1. The summed E-state index contributed by atoms with van der Waals surface area (Å²) in [6.45, 7) is 6.64. The van der Waals surface area contributed by atoms with Crippen molar-refractivity contribution >= 4 is 11.9 Å². The van der Waals surface area contributed by atoms with Gasteiger partial charge in [0.1, 0.15) is 6.04 Å². The number of hydrogen-bond donors (Lipinski definition) is 3. The lowest BCUT2D eigenvalue weighted by atomic mass is 10.1. The Morgan fingerprint density at radius 1 is 1.40 bits per heavy atom. The lowest BCUT2D eigenvalue weighted by Crippen LogP contribution is -2.53. The molecule has 1 aliphatic heterocycles. The maximum absolute atomic E-state index is 12.7. The quantitative estimate of drug-likeness (QED) is 0.616. The van der Waals surface area contributed by atoms with E-state index in [1.807, 2.05) is 4.90 Å². The number of nitrogens with zero attached hydrogens (tertiary/aromatic N) is 1. The first-order valence-electron chi connectivity index (χ1n) is 7.67. The molecule has 1 saturated heterocycles. The van der Waals surface area contributed by atoms with E-state index >= 15 is 0 Å². The minimum atomic E-state index is -0.625. The van der Waals surface area contributed by atoms with Gasteiger partial charge in [0.05, 0.1) is 0 Å². The highest BCUT2D eigenvalue weighted by atomic mass is 16.2. The molecule has 20 heavy (non-hydrogen) atoms. The monoisotopic (exact) mass is 284 g/mol. The van der Waals surface area contributed by atoms with Gasteiger partial charge >= 0.3 is 6.03 Å². The molecule has 6 heteroatoms. The molecule has 3 amide bonds. The van der Waals surface area contributed by atoms with Crippen LogP contribution in [0.3, 0.4) is 0 Å². The smallest absolute Gasteiger partial charge is 0.312 e. The van der Waals surface area contributed by atoms with E-state index in [0.29, 0.717) is 6.42 Å². The molecule has 0 bridgehead atoms. The summed E-state index contributed by atoms with van der Waals surface area (Å²) in [5.41, 5.74) is 5.20. The van der Waals surface area contributed by atoms with Gasteiger partial charge in [-0.3, -0.25) is 4.79 Å². The number of nitrogens with two attached hydrogens (primary N) is 1. The van der Waals surface area contributed by atoms with E-state index in [-0.39, 0.29) is 11.9 Å². The summed E-state index contributed by atoms with van der Waals surface area (Å²) < 4.78 is 0. The second kappa shape index (κ2) is 8.79. The van der Waals surface area contributed by atoms with Crippen LogP contribution in [0.1, 0.15) is 46.0 Å². The minimum Gasteiger partial charge on any atom is -0.352 e. The van der Waals surface area contributed by atoms with Crippen LogP contribution in [0.15, 0.2) is 0 Å². The third-order valence-electron chi connectivity index (χ3n) is 3.68. The Bertz CT molecular complexity index is 316. The Morgan fingerprint density at radius 3 is 2.65 bits per heavy atom. The molecule has 2 atom stereocenters. The number of unbranched alkanes of at least 4 members (excludes halogenated alkanes) is 1. The summed E-state index contributed by atoms with van der Waals surface area (Å²) in [5.74, 6) is 0.00722. The summed E-state index contributed by atoms with van der Waals surface area (Å²) in [6, 6.07) is -0.874. The Kier molecular flexibility index (Phi) is 7.36. The van der Waals surface area contributed by atoms with Crippen molar-refractivity contribution in [3.05, 3.63) is 0 Å². The molecule has 1 heterocycles. The van der Waals surface area contributed by atoms with Crippen LogP contribution in [0.2, 0.25) is 0 Å². The maximum Gasteiger partial charge on any atom is 0.312 e. The average Bonchev–Trinajstić information content (AvgIpc) is 2.93. The fourth-order valence-electron chi connectivity index (χ4n) is 2.66. The Labute approximate surface area is 121 Å². The lowest BCUT2D eigenvalue weighted by Gasteiger charge is -2.32. The molecule has 2 unspecified atom stereocenters. The summed E-state index contributed by atoms with van der Waals surface area (Å²) in [6.07, 6.45) is 4.43. The number of carbonyl (C=O) groups excluding carboxylic acids is 2. The third-order valence-corrected chi connectivity index (χ3v) is 3.68. The highest BCUT2D eigenvalue weighted by Crippen LogP contribution is 2.13. The molecule has 1 aliphatic rings. The highest BCUT2D eigenvalue weighted by molar-refractivity contribution is 5.86. The van der Waals surface area contributed by atoms with Gasteiger partial charge in [-0.25, -0.2) is 4.79 Å². The van der Waals surface area contributed by atoms with Crippen LogP contribution < -0.4 is 16.4 Å². The summed E-state index contributed by atoms with van der Waals surface area (Å²) in [7, 11) is 0. The standard InChI is InChI=1S/C14H28N4O2/c1-3-5-6-12(17-14(15)20)13(19)18(9-4-2)11-7-8-16-10-11/h11-12,16H,3-10H2,1-2H3,(H3,15,17,20). The summed E-state index contributed by atoms with van der Waals surface area (Å²) >= 11 is 0. The van der Waals surface area contributed by atoms with Crippen molar-refractivity contribution in [1.82, 2.24) is 15.5 Å². The zero-order chi connectivity index (χ0) is 15.0. The van der Waals surface area contributed by atoms with Crippen molar-refractivity contribution in [2.75, 3.05) is 19.6 Å². The predicted octanol–water partition coefficient (Wildman–Crippen LogP) is 0.814. The molecular formula is C14H28N4O2. The molecule has 1 rings (SSSR count). The zero-order valence-corrected chi connectivity index (χ0v) is 12.7. The van der Waals surface area contributed by atoms with Crippen molar-refractivity contribution in [2.45, 2.75) is 58.0 Å². The molecule has 1 fully saturated rings. The summed E-state index contributed by atoms with van der Waals surface area (Å²) in [5, 5.41) is 5.89. The van der Waals surface area contributed by atoms with Crippen molar-refractivity contribution in [3.63, 3.8) is 0 Å². The fourth-order valence-corrected chi connectivity index (χ4v) is 2.66. The Balaban J connectivity index is 2.72. The molecule has 0 aliphatic carbocycles. The molecule has 4 N–H and O–H groups in total. The van der Waals surface area contributed by atoms with Gasteiger partial charge in [0.15, 0.2) is 0 Å². The van der Waals surface area contributed by atoms with Crippen molar-refractivity contribution < 1.29 is 9.59 Å². The number of rotatable bonds is 8. The number of carbonyl (C=O) groups is 2. The van der Waals surface area contributed by atoms with Crippen molar-refractivity contribution in [1.29, 1.82) is 0 Å². The highest BCUT2D eigenvalue weighted by Gasteiger charge is 2.31. The van der Waals surface area contributed by atoms with E-state index in [0.717, 1.165) is 45.3 Å². The zero-order valence-electron chi connectivity index (χ0n) is 12.7. The second-order valence-electron chi connectivity index (χ2n) is 5.38. The largest absolute Gasteiger partial charge is 0.352 e. The molecule has 0 aromatic rings. The number of amides is 3. The SMILES string of the molecule is CCCCC(NC(N)=O)C(=O)N(CCC)C1CCNC1. The predicted molar refractivity (Wildman–Crippen MR) is 79.3 cm³/mol. The van der Waals surface area contributed by atoms with Gasteiger partial charge in [0, 0.05) is 19.1 Å². The topological polar surface area (TPSA) is 87.5 Å². The Hall–Kier alpha value is -1.30. The van der Waals surface area contributed by atoms with E-state index in [1.165, 1.54) is 0 Å². The van der Waals surface area contributed by atoms with Crippen LogP contribution in [0.5, 0.6) is 0 Å². The first-order chi connectivity index (χ1) is 9.60. The molecule has 6 nitrogen and oxygen atoms in total. The molecule has 0 spiro atoms. The molecule has 0 radical (unpaired) electrons. The number of urea groups is 1. The lowest BCUT2D eigenvalue weighted by molar-refractivity contribution is -0.135. The van der Waals surface area contributed by atoms with Crippen LogP contribution in [0, 0.1) is 0 Å². The third kappa shape index (κ3) is 5.00. The van der Waals surface area contributed by atoms with E-state index < -0.39 is 12.1 Å². The van der Waals surface area contributed by atoms with Crippen LogP contribution >= 0.6 is 0 Å². The Morgan fingerprint density at radius 2 is 2.15 bits per heavy atom. The van der Waals surface area contributed by atoms with Gasteiger partial charge in [0.25, 0.3) is 0 Å². The van der Waals surface area contributed by atoms with Gasteiger partial charge in [-0.1, -0.05) is 26.7 Å². The van der Waals surface area contributed by atoms with Crippen LogP contribution in [0.4, 0.5) is 4.79 Å². The van der Waals surface area contributed by atoms with Gasteiger partial charge in [-0.05, 0) is 25.8 Å².